The van der Waals surface area contributed by atoms with E-state index < -0.39 is 0 Å². The number of carbonyl (C=O) groups excluding carboxylic acids is 1. The molecule has 0 radical (unpaired) electrons. The fraction of sp³-hybridized carbons (Fsp3) is 0.632. The molecule has 2 atom stereocenters. The van der Waals surface area contributed by atoms with Crippen LogP contribution >= 0.6 is 24.0 Å². The van der Waals surface area contributed by atoms with Gasteiger partial charge >= 0.3 is 0 Å². The van der Waals surface area contributed by atoms with Crippen LogP contribution in [0.5, 0.6) is 11.5 Å². The van der Waals surface area contributed by atoms with Crippen LogP contribution in [0.3, 0.4) is 0 Å². The highest BCUT2D eigenvalue weighted by atomic mass is 35.5. The van der Waals surface area contributed by atoms with Crippen LogP contribution in [0.1, 0.15) is 43.5 Å². The normalized spacial score (nSPS) is 22.0. The number of carbonyl (C=O) groups is 1. The van der Waals surface area contributed by atoms with Gasteiger partial charge in [0, 0.05) is 24.2 Å². The van der Waals surface area contributed by atoms with Crippen LogP contribution in [-0.2, 0) is 0 Å². The molecule has 2 unspecified atom stereocenters. The van der Waals surface area contributed by atoms with Gasteiger partial charge in [-0.1, -0.05) is 25.4 Å². The molecule has 26 heavy (non-hydrogen) atoms. The summed E-state index contributed by atoms with van der Waals surface area (Å²) in [5, 5.41) is 3.84. The number of nitrogens with one attached hydrogen (secondary N) is 1. The van der Waals surface area contributed by atoms with Crippen LogP contribution in [0.15, 0.2) is 12.1 Å². The lowest BCUT2D eigenvalue weighted by molar-refractivity contribution is 0.0680. The van der Waals surface area contributed by atoms with E-state index in [-0.39, 0.29) is 24.4 Å². The van der Waals surface area contributed by atoms with Gasteiger partial charge in [-0.05, 0) is 43.9 Å². The molecule has 7 heteroatoms. The highest BCUT2D eigenvalue weighted by Crippen LogP contribution is 2.38. The first-order valence-corrected chi connectivity index (χ1v) is 9.42. The lowest BCUT2D eigenvalue weighted by Gasteiger charge is -2.28. The summed E-state index contributed by atoms with van der Waals surface area (Å²) in [5.41, 5.74) is 0.567. The van der Waals surface area contributed by atoms with Gasteiger partial charge in [0.15, 0.2) is 11.5 Å². The highest BCUT2D eigenvalue weighted by molar-refractivity contribution is 6.32. The zero-order chi connectivity index (χ0) is 18.0. The van der Waals surface area contributed by atoms with E-state index in [1.807, 2.05) is 4.90 Å². The van der Waals surface area contributed by atoms with Gasteiger partial charge in [-0.25, -0.2) is 0 Å². The van der Waals surface area contributed by atoms with Crippen molar-refractivity contribution >= 4 is 29.9 Å². The lowest BCUT2D eigenvalue weighted by Crippen LogP contribution is -2.42. The molecule has 0 aromatic heterocycles. The van der Waals surface area contributed by atoms with Gasteiger partial charge in [-0.2, -0.15) is 0 Å². The van der Waals surface area contributed by atoms with Crippen molar-refractivity contribution in [3.05, 3.63) is 22.7 Å². The Balaban J connectivity index is 0.00000243. The maximum atomic E-state index is 13.2. The molecule has 2 fully saturated rings. The van der Waals surface area contributed by atoms with Crippen LogP contribution in [0.4, 0.5) is 0 Å². The van der Waals surface area contributed by atoms with Crippen molar-refractivity contribution in [3.8, 4) is 11.5 Å². The van der Waals surface area contributed by atoms with Crippen LogP contribution in [0, 0.1) is 5.92 Å². The summed E-state index contributed by atoms with van der Waals surface area (Å²) < 4.78 is 11.2. The number of amides is 1. The number of methoxy groups -OCH3 is 1. The summed E-state index contributed by atoms with van der Waals surface area (Å²) >= 11 is 6.41. The molecule has 0 spiro atoms. The van der Waals surface area contributed by atoms with Crippen molar-refractivity contribution < 1.29 is 14.3 Å². The van der Waals surface area contributed by atoms with Crippen molar-refractivity contribution in [2.45, 2.75) is 45.2 Å². The molecule has 0 saturated carbocycles. The predicted molar refractivity (Wildman–Crippen MR) is 106 cm³/mol. The Bertz CT molecular complexity index is 625. The maximum absolute atomic E-state index is 13.2. The van der Waals surface area contributed by atoms with E-state index in [2.05, 4.69) is 19.2 Å². The average molecular weight is 403 g/mol. The maximum Gasteiger partial charge on any atom is 0.254 e. The molecule has 2 saturated heterocycles. The molecule has 3 rings (SSSR count). The third kappa shape index (κ3) is 4.38. The summed E-state index contributed by atoms with van der Waals surface area (Å²) in [4.78, 5) is 15.2. The van der Waals surface area contributed by atoms with Crippen LogP contribution < -0.4 is 14.8 Å². The monoisotopic (exact) mass is 402 g/mol. The second-order valence-corrected chi connectivity index (χ2v) is 7.69. The topological polar surface area (TPSA) is 50.8 Å². The molecule has 1 aromatic rings. The molecule has 1 aromatic carbocycles. The third-order valence-corrected chi connectivity index (χ3v) is 5.21. The van der Waals surface area contributed by atoms with E-state index in [0.29, 0.717) is 40.7 Å². The van der Waals surface area contributed by atoms with Gasteiger partial charge in [-0.15, -0.1) is 12.4 Å². The molecule has 0 aliphatic carbocycles. The van der Waals surface area contributed by atoms with Gasteiger partial charge in [-0.3, -0.25) is 4.79 Å². The number of hydrogen-bond donors (Lipinski definition) is 1. The second-order valence-electron chi connectivity index (χ2n) is 7.28. The Morgan fingerprint density at radius 1 is 1.31 bits per heavy atom. The van der Waals surface area contributed by atoms with Crippen LogP contribution in [-0.4, -0.2) is 49.7 Å². The van der Waals surface area contributed by atoms with E-state index in [4.69, 9.17) is 21.1 Å². The van der Waals surface area contributed by atoms with Gasteiger partial charge in [0.2, 0.25) is 0 Å². The summed E-state index contributed by atoms with van der Waals surface area (Å²) in [6.45, 7) is 6.52. The smallest absolute Gasteiger partial charge is 0.254 e. The van der Waals surface area contributed by atoms with E-state index in [1.165, 1.54) is 0 Å². The Morgan fingerprint density at radius 2 is 2.04 bits per heavy atom. The summed E-state index contributed by atoms with van der Waals surface area (Å²) in [7, 11) is 1.57. The first-order valence-electron chi connectivity index (χ1n) is 9.05. The standard InChI is InChI=1S/C19H27ClN2O3.ClH/c1-12(2)11-25-18-16(20)8-13(9-17(18)24-3)19(23)22-14-4-5-15(22)10-21-7-6-14;/h8-9,12,14-15,21H,4-7,10-11H2,1-3H3;1H. The minimum absolute atomic E-state index is 0. The van der Waals surface area contributed by atoms with E-state index in [1.54, 1.807) is 19.2 Å². The Morgan fingerprint density at radius 3 is 2.73 bits per heavy atom. The SMILES string of the molecule is COc1cc(C(=O)N2C3CCNCC2CC3)cc(Cl)c1OCC(C)C.Cl. The summed E-state index contributed by atoms with van der Waals surface area (Å²) in [5.74, 6) is 1.43. The van der Waals surface area contributed by atoms with Crippen molar-refractivity contribution in [2.75, 3.05) is 26.8 Å². The van der Waals surface area contributed by atoms with Gasteiger partial charge in [0.05, 0.1) is 18.7 Å². The summed E-state index contributed by atoms with van der Waals surface area (Å²) in [6.07, 6.45) is 3.14. The average Bonchev–Trinajstić information content (AvgIpc) is 2.84. The molecule has 1 amide bonds. The van der Waals surface area contributed by atoms with Crippen LogP contribution in [0.25, 0.3) is 0 Å². The zero-order valence-corrected chi connectivity index (χ0v) is 17.2. The van der Waals surface area contributed by atoms with Crippen LogP contribution in [0.2, 0.25) is 5.02 Å². The fourth-order valence-electron chi connectivity index (χ4n) is 3.70. The molecule has 2 aliphatic rings. The Kier molecular flexibility index (Phi) is 7.44. The second kappa shape index (κ2) is 9.16. The molecule has 1 N–H and O–H groups in total. The minimum atomic E-state index is 0. The van der Waals surface area contributed by atoms with Crippen molar-refractivity contribution in [3.63, 3.8) is 0 Å². The Labute approximate surface area is 166 Å². The number of fused-ring (bicyclic) bond motifs is 2. The molecule has 5 nitrogen and oxygen atoms in total. The van der Waals surface area contributed by atoms with Crippen molar-refractivity contribution in [2.24, 2.45) is 5.92 Å². The molecular weight excluding hydrogens is 375 g/mol. The first kappa shape index (κ1) is 21.1. The lowest BCUT2D eigenvalue weighted by atomic mass is 10.1. The van der Waals surface area contributed by atoms with E-state index in [9.17, 15) is 4.79 Å². The highest BCUT2D eigenvalue weighted by Gasteiger charge is 2.38. The Hall–Kier alpha value is -1.17. The zero-order valence-electron chi connectivity index (χ0n) is 15.6. The number of benzene rings is 1. The number of halogens is 2. The minimum Gasteiger partial charge on any atom is -0.493 e. The first-order chi connectivity index (χ1) is 12.0. The predicted octanol–water partition coefficient (Wildman–Crippen LogP) is 3.77. The number of ether oxygens (including phenoxy) is 2. The summed E-state index contributed by atoms with van der Waals surface area (Å²) in [6, 6.07) is 4.04. The number of hydrogen-bond acceptors (Lipinski definition) is 4. The van der Waals surface area contributed by atoms with E-state index in [0.717, 1.165) is 32.4 Å². The third-order valence-electron chi connectivity index (χ3n) is 4.93. The molecule has 2 heterocycles. The number of rotatable bonds is 5. The van der Waals surface area contributed by atoms with Gasteiger partial charge in [0.25, 0.3) is 5.91 Å². The quantitative estimate of drug-likeness (QED) is 0.813. The van der Waals surface area contributed by atoms with Gasteiger partial charge in [0.1, 0.15) is 0 Å². The number of nitrogens with zero attached hydrogens (tertiary/aromatic N) is 1. The van der Waals surface area contributed by atoms with Crippen molar-refractivity contribution in [1.82, 2.24) is 10.2 Å². The fourth-order valence-corrected chi connectivity index (χ4v) is 3.96. The van der Waals surface area contributed by atoms with Crippen molar-refractivity contribution in [1.29, 1.82) is 0 Å². The molecule has 2 aliphatic heterocycles. The van der Waals surface area contributed by atoms with Gasteiger partial charge < -0.3 is 19.7 Å². The molecule has 2 bridgehead atoms. The van der Waals surface area contributed by atoms with E-state index >= 15 is 0 Å². The molecular formula is C19H28Cl2N2O3. The molecule has 146 valence electrons. The largest absolute Gasteiger partial charge is 0.493 e.